The molecule has 116 valence electrons. The van der Waals surface area contributed by atoms with Crippen LogP contribution in [-0.4, -0.2) is 17.6 Å². The fraction of sp³-hybridized carbons (Fsp3) is 0.500. The molecule has 1 N–H and O–H groups in total. The third-order valence-corrected chi connectivity index (χ3v) is 5.79. The molecule has 0 amide bonds. The van der Waals surface area contributed by atoms with Crippen LogP contribution in [-0.2, 0) is 14.4 Å². The third-order valence-electron chi connectivity index (χ3n) is 2.80. The van der Waals surface area contributed by atoms with Crippen molar-refractivity contribution >= 4 is 19.0 Å². The van der Waals surface area contributed by atoms with E-state index in [1.807, 2.05) is 26.8 Å². The lowest BCUT2D eigenvalue weighted by Gasteiger charge is -2.31. The SMILES string of the molecule is CCO[P@@](=O)(C#CC(C)(C)C)[C@](O)(CCl)c1ccccc1. The zero-order chi connectivity index (χ0) is 16.1. The Morgan fingerprint density at radius 1 is 1.29 bits per heavy atom. The van der Waals surface area contributed by atoms with E-state index in [9.17, 15) is 9.67 Å². The highest BCUT2D eigenvalue weighted by Gasteiger charge is 2.48. The van der Waals surface area contributed by atoms with Gasteiger partial charge < -0.3 is 9.63 Å². The summed E-state index contributed by atoms with van der Waals surface area (Å²) in [7, 11) is -3.70. The molecular formula is C16H22ClO3P. The average molecular weight is 329 g/mol. The number of benzene rings is 1. The lowest BCUT2D eigenvalue weighted by atomic mass is 9.99. The van der Waals surface area contributed by atoms with Crippen molar-refractivity contribution in [2.75, 3.05) is 12.5 Å². The first-order chi connectivity index (χ1) is 9.68. The Morgan fingerprint density at radius 3 is 2.29 bits per heavy atom. The van der Waals surface area contributed by atoms with Crippen molar-refractivity contribution < 1.29 is 14.2 Å². The molecule has 5 heteroatoms. The summed E-state index contributed by atoms with van der Waals surface area (Å²) in [6.07, 6.45) is 0. The Hall–Kier alpha value is -0.780. The van der Waals surface area contributed by atoms with Crippen LogP contribution in [0.5, 0.6) is 0 Å². The van der Waals surface area contributed by atoms with Crippen molar-refractivity contribution in [3.63, 3.8) is 0 Å². The lowest BCUT2D eigenvalue weighted by molar-refractivity contribution is 0.125. The Labute approximate surface area is 132 Å². The molecule has 0 saturated carbocycles. The van der Waals surface area contributed by atoms with Gasteiger partial charge in [-0.3, -0.25) is 4.57 Å². The van der Waals surface area contributed by atoms with Crippen molar-refractivity contribution in [2.24, 2.45) is 5.41 Å². The second-order valence-corrected chi connectivity index (χ2v) is 8.36. The highest BCUT2D eigenvalue weighted by Crippen LogP contribution is 2.62. The summed E-state index contributed by atoms with van der Waals surface area (Å²) < 4.78 is 18.6. The van der Waals surface area contributed by atoms with Gasteiger partial charge in [0.25, 0.3) is 0 Å². The quantitative estimate of drug-likeness (QED) is 0.495. The molecule has 0 bridgehead atoms. The molecule has 0 aliphatic heterocycles. The third kappa shape index (κ3) is 4.34. The number of halogens is 1. The molecule has 0 heterocycles. The van der Waals surface area contributed by atoms with Gasteiger partial charge in [-0.2, -0.15) is 0 Å². The minimum atomic E-state index is -3.70. The van der Waals surface area contributed by atoms with Gasteiger partial charge in [0.15, 0.2) is 5.34 Å². The van der Waals surface area contributed by atoms with Crippen molar-refractivity contribution in [3.8, 4) is 11.6 Å². The van der Waals surface area contributed by atoms with Crippen molar-refractivity contribution in [1.82, 2.24) is 0 Å². The smallest absolute Gasteiger partial charge is 0.310 e. The number of hydrogen-bond donors (Lipinski definition) is 1. The summed E-state index contributed by atoms with van der Waals surface area (Å²) in [5.74, 6) is 2.64. The Bertz CT molecular complexity index is 569. The van der Waals surface area contributed by atoms with E-state index in [1.165, 1.54) is 0 Å². The molecule has 1 aromatic rings. The Balaban J connectivity index is 3.42. The predicted molar refractivity (Wildman–Crippen MR) is 87.5 cm³/mol. The molecular weight excluding hydrogens is 307 g/mol. The highest BCUT2D eigenvalue weighted by atomic mass is 35.5. The molecule has 2 atom stereocenters. The molecule has 1 aromatic carbocycles. The molecule has 0 aromatic heterocycles. The van der Waals surface area contributed by atoms with Crippen LogP contribution in [0.25, 0.3) is 0 Å². The summed E-state index contributed by atoms with van der Waals surface area (Å²) in [6, 6.07) is 8.66. The van der Waals surface area contributed by atoms with Crippen molar-refractivity contribution in [3.05, 3.63) is 35.9 Å². The summed E-state index contributed by atoms with van der Waals surface area (Å²) in [5.41, 5.74) is 2.77. The van der Waals surface area contributed by atoms with E-state index >= 15 is 0 Å². The maximum Gasteiger partial charge on any atom is 0.310 e. The van der Waals surface area contributed by atoms with Crippen molar-refractivity contribution in [1.29, 1.82) is 0 Å². The number of aliphatic hydroxyl groups is 1. The van der Waals surface area contributed by atoms with Gasteiger partial charge in [-0.25, -0.2) is 0 Å². The summed E-state index contributed by atoms with van der Waals surface area (Å²) in [6.45, 7) is 7.60. The minimum Gasteiger partial charge on any atom is -0.373 e. The van der Waals surface area contributed by atoms with Gasteiger partial charge in [0.1, 0.15) is 0 Å². The van der Waals surface area contributed by atoms with E-state index in [1.54, 1.807) is 31.2 Å². The van der Waals surface area contributed by atoms with Crippen LogP contribution < -0.4 is 0 Å². The zero-order valence-electron chi connectivity index (χ0n) is 12.9. The van der Waals surface area contributed by atoms with Crippen LogP contribution in [0, 0.1) is 17.0 Å². The van der Waals surface area contributed by atoms with Crippen LogP contribution in [0.1, 0.15) is 33.3 Å². The van der Waals surface area contributed by atoms with Gasteiger partial charge in [-0.1, -0.05) is 36.3 Å². The normalized spacial score (nSPS) is 17.2. The van der Waals surface area contributed by atoms with Crippen LogP contribution in [0.2, 0.25) is 0 Å². The first-order valence-corrected chi connectivity index (χ1v) is 8.97. The monoisotopic (exact) mass is 328 g/mol. The second kappa shape index (κ2) is 6.99. The van der Waals surface area contributed by atoms with E-state index in [0.717, 1.165) is 0 Å². The molecule has 21 heavy (non-hydrogen) atoms. The van der Waals surface area contributed by atoms with Gasteiger partial charge >= 0.3 is 7.37 Å². The van der Waals surface area contributed by atoms with Crippen LogP contribution in [0.3, 0.4) is 0 Å². The first kappa shape index (κ1) is 18.3. The molecule has 0 radical (unpaired) electrons. The predicted octanol–water partition coefficient (Wildman–Crippen LogP) is 4.39. The second-order valence-electron chi connectivity index (χ2n) is 5.77. The summed E-state index contributed by atoms with van der Waals surface area (Å²) in [5, 5.41) is 9.10. The molecule has 1 rings (SSSR count). The van der Waals surface area contributed by atoms with Gasteiger partial charge in [0.05, 0.1) is 12.5 Å². The molecule has 0 aliphatic rings. The zero-order valence-corrected chi connectivity index (χ0v) is 14.5. The number of hydrogen-bond acceptors (Lipinski definition) is 3. The lowest BCUT2D eigenvalue weighted by Crippen LogP contribution is -2.28. The van der Waals surface area contributed by atoms with E-state index in [2.05, 4.69) is 11.6 Å². The number of alkyl halides is 1. The Kier molecular flexibility index (Phi) is 6.08. The maximum atomic E-state index is 13.2. The van der Waals surface area contributed by atoms with Crippen LogP contribution in [0.4, 0.5) is 0 Å². The first-order valence-electron chi connectivity index (χ1n) is 6.81. The molecule has 0 spiro atoms. The highest BCUT2D eigenvalue weighted by molar-refractivity contribution is 7.65. The molecule has 0 aliphatic carbocycles. The van der Waals surface area contributed by atoms with Crippen LogP contribution in [0.15, 0.2) is 30.3 Å². The standard InChI is InChI=1S/C16H22ClO3P/c1-5-20-21(19,12-11-15(2,3)4)16(18,13-17)14-9-7-6-8-10-14/h6-10,18H,5,13H2,1-4H3/t16-,21+/m1/s1. The topological polar surface area (TPSA) is 46.5 Å². The Morgan fingerprint density at radius 2 is 1.86 bits per heavy atom. The van der Waals surface area contributed by atoms with Gasteiger partial charge in [0, 0.05) is 5.41 Å². The fourth-order valence-electron chi connectivity index (χ4n) is 1.69. The van der Waals surface area contributed by atoms with Gasteiger partial charge in [-0.15, -0.1) is 11.6 Å². The van der Waals surface area contributed by atoms with E-state index in [-0.39, 0.29) is 17.9 Å². The van der Waals surface area contributed by atoms with E-state index in [4.69, 9.17) is 16.1 Å². The average Bonchev–Trinajstić information content (AvgIpc) is 2.44. The van der Waals surface area contributed by atoms with E-state index in [0.29, 0.717) is 5.56 Å². The molecule has 3 nitrogen and oxygen atoms in total. The van der Waals surface area contributed by atoms with Gasteiger partial charge in [-0.05, 0) is 38.9 Å². The largest absolute Gasteiger partial charge is 0.373 e. The fourth-order valence-corrected chi connectivity index (χ4v) is 4.27. The molecule has 0 saturated heterocycles. The van der Waals surface area contributed by atoms with E-state index < -0.39 is 12.7 Å². The minimum absolute atomic E-state index is 0.183. The molecule has 0 fully saturated rings. The van der Waals surface area contributed by atoms with Crippen LogP contribution >= 0.6 is 19.0 Å². The van der Waals surface area contributed by atoms with Gasteiger partial charge in [0.2, 0.25) is 0 Å². The maximum absolute atomic E-state index is 13.2. The molecule has 0 unspecified atom stereocenters. The summed E-state index contributed by atoms with van der Waals surface area (Å²) >= 11 is 5.94. The summed E-state index contributed by atoms with van der Waals surface area (Å²) in [4.78, 5) is 0. The van der Waals surface area contributed by atoms with Crippen molar-refractivity contribution in [2.45, 2.75) is 33.0 Å². The number of rotatable bonds is 5.